The number of alkyl halides is 3. The van der Waals surface area contributed by atoms with Gasteiger partial charge in [-0.1, -0.05) is 17.7 Å². The van der Waals surface area contributed by atoms with E-state index in [4.69, 9.17) is 21.1 Å². The Bertz CT molecular complexity index is 1340. The molecule has 11 heteroatoms. The first-order valence-electron chi connectivity index (χ1n) is 11.6. The van der Waals surface area contributed by atoms with Crippen molar-refractivity contribution in [1.82, 2.24) is 15.1 Å². The maximum atomic E-state index is 12.9. The van der Waals surface area contributed by atoms with E-state index in [1.54, 1.807) is 36.4 Å². The van der Waals surface area contributed by atoms with Crippen LogP contribution in [0.5, 0.6) is 5.75 Å². The predicted octanol–water partition coefficient (Wildman–Crippen LogP) is 4.40. The third kappa shape index (κ3) is 4.10. The number of hydrogen-bond donors (Lipinski definition) is 2. The topological polar surface area (TPSA) is 85.6 Å². The number of rotatable bonds is 6. The Kier molecular flexibility index (Phi) is 5.30. The van der Waals surface area contributed by atoms with Crippen molar-refractivity contribution in [2.24, 2.45) is 0 Å². The van der Waals surface area contributed by atoms with E-state index < -0.39 is 25.0 Å². The van der Waals surface area contributed by atoms with Gasteiger partial charge in [0, 0.05) is 34.1 Å². The molecule has 0 radical (unpaired) electrons. The summed E-state index contributed by atoms with van der Waals surface area (Å²) in [6.45, 7) is -1.41. The number of halogens is 4. The van der Waals surface area contributed by atoms with Gasteiger partial charge in [-0.25, -0.2) is 0 Å². The van der Waals surface area contributed by atoms with Gasteiger partial charge in [0.05, 0.1) is 23.8 Å². The average molecular weight is 522 g/mol. The van der Waals surface area contributed by atoms with Crippen molar-refractivity contribution >= 4 is 28.4 Å². The summed E-state index contributed by atoms with van der Waals surface area (Å²) >= 11 is 6.00. The number of aromatic nitrogens is 2. The summed E-state index contributed by atoms with van der Waals surface area (Å²) in [4.78, 5) is 12.9. The lowest BCUT2D eigenvalue weighted by Crippen LogP contribution is -2.79. The molecule has 2 N–H and O–H groups in total. The lowest BCUT2D eigenvalue weighted by atomic mass is 9.44. The van der Waals surface area contributed by atoms with Gasteiger partial charge < -0.3 is 19.9 Å². The summed E-state index contributed by atoms with van der Waals surface area (Å²) in [5, 5.41) is 19.6. The highest BCUT2D eigenvalue weighted by molar-refractivity contribution is 6.30. The predicted molar refractivity (Wildman–Crippen MR) is 124 cm³/mol. The van der Waals surface area contributed by atoms with E-state index in [2.05, 4.69) is 10.4 Å². The molecule has 2 atom stereocenters. The highest BCUT2D eigenvalue weighted by atomic mass is 35.5. The van der Waals surface area contributed by atoms with Crippen LogP contribution in [0.1, 0.15) is 42.9 Å². The second-order valence-corrected chi connectivity index (χ2v) is 10.6. The summed E-state index contributed by atoms with van der Waals surface area (Å²) in [5.74, 6) is 0.204. The van der Waals surface area contributed by atoms with Gasteiger partial charge in [-0.05, 0) is 55.2 Å². The van der Waals surface area contributed by atoms with Crippen LogP contribution in [0.15, 0.2) is 42.6 Å². The van der Waals surface area contributed by atoms with Gasteiger partial charge in [0.2, 0.25) is 0 Å². The normalized spacial score (nSPS) is 28.6. The molecular weight excluding hydrogens is 499 g/mol. The number of hydrogen-bond acceptors (Lipinski definition) is 5. The minimum atomic E-state index is -4.35. The van der Waals surface area contributed by atoms with Crippen molar-refractivity contribution in [3.8, 4) is 5.75 Å². The molecule has 3 aliphatic carbocycles. The summed E-state index contributed by atoms with van der Waals surface area (Å²) in [5.41, 5.74) is 1.47. The standard InChI is InChI=1S/C25H23ClF3N3O4/c26-16-2-4-20-17(6-16)19(33)7-21(36-20)22(34)30-23-10-24(11-23,12-23)32-8-15-5-14(1-3-18(15)31-32)9-35-13-25(27,28)29/h1-6,8,19,21,33H,7,9-13H2,(H,30,34)/t19-,21-,23?,24?/m1/s1. The van der Waals surface area contributed by atoms with Crippen LogP contribution >= 0.6 is 11.6 Å². The number of nitrogens with zero attached hydrogens (tertiary/aromatic N) is 2. The highest BCUT2D eigenvalue weighted by Gasteiger charge is 2.70. The van der Waals surface area contributed by atoms with Crippen molar-refractivity contribution in [3.05, 3.63) is 58.7 Å². The van der Waals surface area contributed by atoms with Crippen LogP contribution in [0, 0.1) is 0 Å². The highest BCUT2D eigenvalue weighted by Crippen LogP contribution is 2.65. The van der Waals surface area contributed by atoms with Gasteiger partial charge in [0.15, 0.2) is 6.10 Å². The molecule has 0 spiro atoms. The summed E-state index contributed by atoms with van der Waals surface area (Å²) in [7, 11) is 0. The molecular formula is C25H23ClF3N3O4. The molecule has 2 bridgehead atoms. The average Bonchev–Trinajstić information content (AvgIpc) is 3.17. The summed E-state index contributed by atoms with van der Waals surface area (Å²) in [6, 6.07) is 10.2. The Hall–Kier alpha value is -2.82. The van der Waals surface area contributed by atoms with Crippen molar-refractivity contribution in [2.75, 3.05) is 6.61 Å². The van der Waals surface area contributed by atoms with Gasteiger partial charge in [0.25, 0.3) is 5.91 Å². The van der Waals surface area contributed by atoms with E-state index in [0.29, 0.717) is 21.9 Å². The van der Waals surface area contributed by atoms with Crippen LogP contribution < -0.4 is 10.1 Å². The maximum absolute atomic E-state index is 12.9. The molecule has 3 aromatic rings. The number of amides is 1. The minimum Gasteiger partial charge on any atom is -0.480 e. The quantitative estimate of drug-likeness (QED) is 0.502. The number of fused-ring (bicyclic) bond motifs is 2. The number of ether oxygens (including phenoxy) is 2. The monoisotopic (exact) mass is 521 g/mol. The van der Waals surface area contributed by atoms with E-state index in [1.165, 1.54) is 0 Å². The molecule has 190 valence electrons. The van der Waals surface area contributed by atoms with Gasteiger partial charge in [-0.3, -0.25) is 9.48 Å². The second-order valence-electron chi connectivity index (χ2n) is 10.1. The zero-order valence-electron chi connectivity index (χ0n) is 19.0. The van der Waals surface area contributed by atoms with Crippen molar-refractivity contribution < 1.29 is 32.5 Å². The van der Waals surface area contributed by atoms with Crippen molar-refractivity contribution in [3.63, 3.8) is 0 Å². The largest absolute Gasteiger partial charge is 0.480 e. The second kappa shape index (κ2) is 8.09. The fourth-order valence-electron chi connectivity index (χ4n) is 5.72. The van der Waals surface area contributed by atoms with E-state index in [-0.39, 0.29) is 30.0 Å². The van der Waals surface area contributed by atoms with Crippen molar-refractivity contribution in [1.29, 1.82) is 0 Å². The lowest BCUT2D eigenvalue weighted by molar-refractivity contribution is -0.176. The van der Waals surface area contributed by atoms with Crippen LogP contribution in [-0.4, -0.2) is 45.2 Å². The number of aliphatic hydroxyl groups is 1. The van der Waals surface area contributed by atoms with Gasteiger partial charge in [0.1, 0.15) is 12.4 Å². The van der Waals surface area contributed by atoms with E-state index >= 15 is 0 Å². The first-order valence-corrected chi connectivity index (χ1v) is 12.0. The zero-order valence-corrected chi connectivity index (χ0v) is 19.8. The number of nitrogens with one attached hydrogen (secondary N) is 1. The van der Waals surface area contributed by atoms with Crippen LogP contribution in [0.4, 0.5) is 13.2 Å². The van der Waals surface area contributed by atoms with E-state index in [0.717, 1.165) is 30.2 Å². The Morgan fingerprint density at radius 1 is 1.25 bits per heavy atom. The molecule has 7 rings (SSSR count). The number of carbonyl (C=O) groups is 1. The first kappa shape index (κ1) is 23.6. The Balaban J connectivity index is 1.08. The lowest BCUT2D eigenvalue weighted by Gasteiger charge is -2.70. The Labute approximate surface area is 209 Å². The van der Waals surface area contributed by atoms with E-state index in [1.807, 2.05) is 10.9 Å². The molecule has 0 saturated heterocycles. The summed E-state index contributed by atoms with van der Waals surface area (Å²) in [6.07, 6.45) is -1.75. The third-order valence-electron chi connectivity index (χ3n) is 7.31. The smallest absolute Gasteiger partial charge is 0.411 e. The first-order chi connectivity index (χ1) is 17.0. The third-order valence-corrected chi connectivity index (χ3v) is 7.54. The molecule has 1 aliphatic heterocycles. The van der Waals surface area contributed by atoms with Crippen LogP contribution in [0.2, 0.25) is 5.02 Å². The van der Waals surface area contributed by atoms with E-state index in [9.17, 15) is 23.1 Å². The zero-order chi connectivity index (χ0) is 25.3. The molecule has 2 aromatic carbocycles. The van der Waals surface area contributed by atoms with Crippen LogP contribution in [-0.2, 0) is 21.7 Å². The SMILES string of the molecule is O=C(NC12CC(n3cc4cc(COCC(F)(F)F)ccc4n3)(C1)C2)[C@H]1C[C@@H](O)c2cc(Cl)ccc2O1. The molecule has 7 nitrogen and oxygen atoms in total. The molecule has 1 aromatic heterocycles. The number of aliphatic hydroxyl groups excluding tert-OH is 1. The molecule has 2 heterocycles. The molecule has 1 amide bonds. The van der Waals surface area contributed by atoms with Gasteiger partial charge in [-0.2, -0.15) is 18.3 Å². The van der Waals surface area contributed by atoms with Crippen molar-refractivity contribution in [2.45, 2.75) is 61.8 Å². The molecule has 3 saturated carbocycles. The molecule has 0 unspecified atom stereocenters. The van der Waals surface area contributed by atoms with Gasteiger partial charge in [-0.15, -0.1) is 0 Å². The summed E-state index contributed by atoms with van der Waals surface area (Å²) < 4.78 is 49.4. The number of benzene rings is 2. The Morgan fingerprint density at radius 2 is 2.03 bits per heavy atom. The number of carbonyl (C=O) groups excluding carboxylic acids is 1. The fourth-order valence-corrected chi connectivity index (χ4v) is 5.90. The molecule has 36 heavy (non-hydrogen) atoms. The molecule has 3 fully saturated rings. The van der Waals surface area contributed by atoms with Gasteiger partial charge >= 0.3 is 6.18 Å². The minimum absolute atomic E-state index is 0.129. The Morgan fingerprint density at radius 3 is 2.78 bits per heavy atom. The molecule has 4 aliphatic rings. The fraction of sp³-hybridized carbons (Fsp3) is 0.440. The maximum Gasteiger partial charge on any atom is 0.411 e. The van der Waals surface area contributed by atoms with Crippen LogP contribution in [0.25, 0.3) is 10.9 Å². The van der Waals surface area contributed by atoms with Crippen LogP contribution in [0.3, 0.4) is 0 Å².